The number of Topliss-reactive ketones (excluding diaryl/α,β-unsaturated/α-hetero) is 1. The maximum absolute atomic E-state index is 13.5. The van der Waals surface area contributed by atoms with Crippen LogP contribution in [0.5, 0.6) is 5.75 Å². The number of para-hydroxylation sites is 1. The van der Waals surface area contributed by atoms with Crippen LogP contribution in [0.4, 0.5) is 4.39 Å². The van der Waals surface area contributed by atoms with Gasteiger partial charge in [0.15, 0.2) is 11.4 Å². The minimum atomic E-state index is -0.283. The van der Waals surface area contributed by atoms with Gasteiger partial charge >= 0.3 is 0 Å². The molecule has 1 atom stereocenters. The Morgan fingerprint density at radius 2 is 1.90 bits per heavy atom. The number of hydrogen-bond donors (Lipinski definition) is 0. The van der Waals surface area contributed by atoms with Crippen LogP contribution in [0.1, 0.15) is 46.6 Å². The van der Waals surface area contributed by atoms with Crippen molar-refractivity contribution in [2.45, 2.75) is 32.1 Å². The van der Waals surface area contributed by atoms with Crippen molar-refractivity contribution in [3.8, 4) is 16.9 Å². The molecule has 0 radical (unpaired) electrons. The normalized spacial score (nSPS) is 15.8. The van der Waals surface area contributed by atoms with Crippen LogP contribution in [0.2, 0.25) is 0 Å². The van der Waals surface area contributed by atoms with Gasteiger partial charge in [-0.1, -0.05) is 37.3 Å². The van der Waals surface area contributed by atoms with Crippen LogP contribution < -0.4 is 4.74 Å². The van der Waals surface area contributed by atoms with Crippen molar-refractivity contribution in [3.05, 3.63) is 83.1 Å². The highest BCUT2D eigenvalue weighted by molar-refractivity contribution is 5.99. The molecule has 0 amide bonds. The molecule has 0 N–H and O–H groups in total. The molecule has 0 bridgehead atoms. The van der Waals surface area contributed by atoms with Crippen molar-refractivity contribution < 1.29 is 13.9 Å². The Labute approximate surface area is 179 Å². The molecule has 2 aromatic carbocycles. The van der Waals surface area contributed by atoms with E-state index in [2.05, 4.69) is 5.10 Å². The molecular weight excluding hydrogens is 393 g/mol. The van der Waals surface area contributed by atoms with Gasteiger partial charge in [0.05, 0.1) is 24.1 Å². The monoisotopic (exact) mass is 415 g/mol. The van der Waals surface area contributed by atoms with E-state index < -0.39 is 0 Å². The third-order valence-electron chi connectivity index (χ3n) is 5.98. The first-order chi connectivity index (χ1) is 15.1. The number of hydrogen-bond acceptors (Lipinski definition) is 4. The molecule has 1 aliphatic rings. The molecule has 5 rings (SSSR count). The first-order valence-corrected chi connectivity index (χ1v) is 10.4. The summed E-state index contributed by atoms with van der Waals surface area (Å²) in [4.78, 5) is 17.9. The number of fused-ring (bicyclic) bond motifs is 2. The number of halogens is 1. The van der Waals surface area contributed by atoms with E-state index in [0.717, 1.165) is 33.8 Å². The molecular formula is C25H22FN3O2. The lowest BCUT2D eigenvalue weighted by molar-refractivity contribution is 0.0962. The van der Waals surface area contributed by atoms with Gasteiger partial charge in [-0.05, 0) is 42.2 Å². The van der Waals surface area contributed by atoms with E-state index in [1.807, 2.05) is 31.2 Å². The average Bonchev–Trinajstić information content (AvgIpc) is 3.16. The van der Waals surface area contributed by atoms with E-state index in [1.165, 1.54) is 12.1 Å². The van der Waals surface area contributed by atoms with Gasteiger partial charge in [-0.3, -0.25) is 4.79 Å². The van der Waals surface area contributed by atoms with E-state index in [0.29, 0.717) is 30.5 Å². The number of carbonyl (C=O) groups is 1. The highest BCUT2D eigenvalue weighted by Gasteiger charge is 2.30. The van der Waals surface area contributed by atoms with Crippen LogP contribution in [0.3, 0.4) is 0 Å². The summed E-state index contributed by atoms with van der Waals surface area (Å²) >= 11 is 0. The van der Waals surface area contributed by atoms with Gasteiger partial charge in [0.2, 0.25) is 0 Å². The molecule has 4 aromatic rings. The molecule has 0 fully saturated rings. The van der Waals surface area contributed by atoms with Gasteiger partial charge in [0.25, 0.3) is 0 Å². The quantitative estimate of drug-likeness (QED) is 0.470. The maximum atomic E-state index is 13.5. The number of carbonyl (C=O) groups excluding carboxylic acids is 1. The van der Waals surface area contributed by atoms with Gasteiger partial charge in [0.1, 0.15) is 11.6 Å². The third kappa shape index (κ3) is 3.28. The number of nitrogens with zero attached hydrogens (tertiary/aromatic N) is 3. The lowest BCUT2D eigenvalue weighted by Gasteiger charge is -2.24. The van der Waals surface area contributed by atoms with Gasteiger partial charge in [-0.15, -0.1) is 0 Å². The first-order valence-electron chi connectivity index (χ1n) is 10.4. The van der Waals surface area contributed by atoms with Crippen LogP contribution in [-0.4, -0.2) is 27.5 Å². The summed E-state index contributed by atoms with van der Waals surface area (Å²) in [7, 11) is 1.65. The first kappa shape index (κ1) is 19.4. The molecule has 0 aliphatic heterocycles. The fraction of sp³-hybridized carbons (Fsp3) is 0.240. The Kier molecular flexibility index (Phi) is 4.77. The third-order valence-corrected chi connectivity index (χ3v) is 5.98. The predicted octanol–water partition coefficient (Wildman–Crippen LogP) is 5.02. The second-order valence-corrected chi connectivity index (χ2v) is 7.82. The van der Waals surface area contributed by atoms with Crippen molar-refractivity contribution in [2.75, 3.05) is 7.11 Å². The van der Waals surface area contributed by atoms with Gasteiger partial charge in [-0.25, -0.2) is 13.9 Å². The summed E-state index contributed by atoms with van der Waals surface area (Å²) in [6.07, 6.45) is 3.56. The molecule has 156 valence electrons. The molecule has 2 heterocycles. The fourth-order valence-corrected chi connectivity index (χ4v) is 4.46. The van der Waals surface area contributed by atoms with Crippen LogP contribution in [0.15, 0.2) is 54.7 Å². The van der Waals surface area contributed by atoms with E-state index in [1.54, 1.807) is 30.0 Å². The SMILES string of the molecule is CCc1nn2cc3c(nc2c1-c1ccc(F)cc1)CC(c1ccccc1OC)CC3=O. The number of aryl methyl sites for hydroxylation is 1. The number of rotatable bonds is 4. The summed E-state index contributed by atoms with van der Waals surface area (Å²) in [5, 5.41) is 4.67. The van der Waals surface area contributed by atoms with E-state index in [9.17, 15) is 9.18 Å². The Morgan fingerprint density at radius 1 is 1.13 bits per heavy atom. The highest BCUT2D eigenvalue weighted by Crippen LogP contribution is 2.37. The molecule has 1 unspecified atom stereocenters. The predicted molar refractivity (Wildman–Crippen MR) is 116 cm³/mol. The average molecular weight is 415 g/mol. The van der Waals surface area contributed by atoms with Crippen LogP contribution in [0.25, 0.3) is 16.8 Å². The number of aromatic nitrogens is 3. The smallest absolute Gasteiger partial charge is 0.166 e. The number of ether oxygens (including phenoxy) is 1. The second kappa shape index (κ2) is 7.61. The summed E-state index contributed by atoms with van der Waals surface area (Å²) in [5.74, 6) is 0.570. The molecule has 0 spiro atoms. The molecule has 0 saturated carbocycles. The Balaban J connectivity index is 1.65. The highest BCUT2D eigenvalue weighted by atomic mass is 19.1. The maximum Gasteiger partial charge on any atom is 0.166 e. The summed E-state index contributed by atoms with van der Waals surface area (Å²) in [6.45, 7) is 2.03. The molecule has 2 aromatic heterocycles. The standard InChI is InChI=1S/C25H22FN3O2/c1-3-20-24(15-8-10-17(26)11-9-15)25-27-21-12-16(18-6-4-5-7-23(18)31-2)13-22(30)19(21)14-29(25)28-20/h4-11,14,16H,3,12-13H2,1-2H3. The largest absolute Gasteiger partial charge is 0.496 e. The number of ketones is 1. The van der Waals surface area contributed by atoms with Crippen LogP contribution in [0, 0.1) is 5.82 Å². The Morgan fingerprint density at radius 3 is 2.65 bits per heavy atom. The lowest BCUT2D eigenvalue weighted by atomic mass is 9.82. The topological polar surface area (TPSA) is 56.5 Å². The molecule has 1 aliphatic carbocycles. The van der Waals surface area contributed by atoms with Gasteiger partial charge < -0.3 is 4.74 Å². The molecule has 31 heavy (non-hydrogen) atoms. The second-order valence-electron chi connectivity index (χ2n) is 7.82. The van der Waals surface area contributed by atoms with Crippen molar-refractivity contribution in [2.24, 2.45) is 0 Å². The summed E-state index contributed by atoms with van der Waals surface area (Å²) in [6, 6.07) is 14.2. The summed E-state index contributed by atoms with van der Waals surface area (Å²) in [5.41, 5.74) is 5.72. The minimum Gasteiger partial charge on any atom is -0.496 e. The van der Waals surface area contributed by atoms with E-state index in [4.69, 9.17) is 9.72 Å². The van der Waals surface area contributed by atoms with Gasteiger partial charge in [0, 0.05) is 24.1 Å². The van der Waals surface area contributed by atoms with Crippen molar-refractivity contribution >= 4 is 11.4 Å². The number of benzene rings is 2. The van der Waals surface area contributed by atoms with Crippen molar-refractivity contribution in [1.82, 2.24) is 14.6 Å². The zero-order valence-corrected chi connectivity index (χ0v) is 17.4. The van der Waals surface area contributed by atoms with Crippen LogP contribution >= 0.6 is 0 Å². The molecule has 0 saturated heterocycles. The van der Waals surface area contributed by atoms with Crippen LogP contribution in [-0.2, 0) is 12.8 Å². The zero-order chi connectivity index (χ0) is 21.5. The number of methoxy groups -OCH3 is 1. The Bertz CT molecular complexity index is 1290. The van der Waals surface area contributed by atoms with E-state index >= 15 is 0 Å². The summed E-state index contributed by atoms with van der Waals surface area (Å²) < 4.78 is 20.7. The van der Waals surface area contributed by atoms with Gasteiger partial charge in [-0.2, -0.15) is 5.10 Å². The van der Waals surface area contributed by atoms with E-state index in [-0.39, 0.29) is 17.5 Å². The molecule has 5 nitrogen and oxygen atoms in total. The Hall–Kier alpha value is -3.54. The van der Waals surface area contributed by atoms with Crippen molar-refractivity contribution in [3.63, 3.8) is 0 Å². The molecule has 6 heteroatoms. The minimum absolute atomic E-state index is 0.00828. The zero-order valence-electron chi connectivity index (χ0n) is 17.4. The van der Waals surface area contributed by atoms with Crippen molar-refractivity contribution in [1.29, 1.82) is 0 Å². The fourth-order valence-electron chi connectivity index (χ4n) is 4.46. The lowest BCUT2D eigenvalue weighted by Crippen LogP contribution is -2.21.